The van der Waals surface area contributed by atoms with Gasteiger partial charge in [0.15, 0.2) is 5.78 Å². The Morgan fingerprint density at radius 1 is 1.14 bits per heavy atom. The van der Waals surface area contributed by atoms with Crippen molar-refractivity contribution < 1.29 is 13.2 Å². The first kappa shape index (κ1) is 16.0. The number of nitrogens with one attached hydrogen (secondary N) is 1. The molecule has 0 radical (unpaired) electrons. The van der Waals surface area contributed by atoms with Crippen molar-refractivity contribution in [3.05, 3.63) is 63.1 Å². The molecule has 0 unspecified atom stereocenters. The first-order chi connectivity index (χ1) is 9.76. The van der Waals surface area contributed by atoms with Crippen molar-refractivity contribution in [1.29, 1.82) is 0 Å². The normalized spacial score (nSPS) is 11.2. The Bertz CT molecular complexity index is 788. The SMILES string of the molecule is CS(=O)(=O)Nc1ccc(C(=O)c2cc(Cl)ccc2Br)cc1. The summed E-state index contributed by atoms with van der Waals surface area (Å²) in [6, 6.07) is 11.2. The van der Waals surface area contributed by atoms with Gasteiger partial charge in [0.25, 0.3) is 0 Å². The fourth-order valence-electron chi connectivity index (χ4n) is 1.73. The number of ketones is 1. The first-order valence-electron chi connectivity index (χ1n) is 5.84. The summed E-state index contributed by atoms with van der Waals surface area (Å²) in [4.78, 5) is 12.4. The molecule has 110 valence electrons. The molecule has 0 fully saturated rings. The summed E-state index contributed by atoms with van der Waals surface area (Å²) in [5.74, 6) is -0.199. The van der Waals surface area contributed by atoms with Crippen LogP contribution >= 0.6 is 27.5 Å². The average molecular weight is 389 g/mol. The molecule has 0 heterocycles. The number of carbonyl (C=O) groups is 1. The predicted molar refractivity (Wildman–Crippen MR) is 87.5 cm³/mol. The summed E-state index contributed by atoms with van der Waals surface area (Å²) in [6.45, 7) is 0. The molecule has 0 saturated carbocycles. The van der Waals surface area contributed by atoms with Gasteiger partial charge in [0, 0.05) is 26.3 Å². The van der Waals surface area contributed by atoms with Gasteiger partial charge in [-0.05, 0) is 42.5 Å². The van der Waals surface area contributed by atoms with Crippen molar-refractivity contribution in [3.63, 3.8) is 0 Å². The molecule has 7 heteroatoms. The topological polar surface area (TPSA) is 63.2 Å². The zero-order chi connectivity index (χ0) is 15.6. The van der Waals surface area contributed by atoms with Gasteiger partial charge in [-0.1, -0.05) is 27.5 Å². The van der Waals surface area contributed by atoms with E-state index in [0.29, 0.717) is 26.3 Å². The van der Waals surface area contributed by atoms with Crippen LogP contribution in [0.25, 0.3) is 0 Å². The number of benzene rings is 2. The van der Waals surface area contributed by atoms with Crippen molar-refractivity contribution in [3.8, 4) is 0 Å². The van der Waals surface area contributed by atoms with Gasteiger partial charge >= 0.3 is 0 Å². The van der Waals surface area contributed by atoms with Crippen molar-refractivity contribution >= 4 is 49.0 Å². The van der Waals surface area contributed by atoms with Gasteiger partial charge < -0.3 is 0 Å². The molecule has 0 aromatic heterocycles. The van der Waals surface area contributed by atoms with Crippen molar-refractivity contribution in [2.75, 3.05) is 11.0 Å². The van der Waals surface area contributed by atoms with Gasteiger partial charge in [-0.3, -0.25) is 9.52 Å². The molecular weight excluding hydrogens is 378 g/mol. The largest absolute Gasteiger partial charge is 0.289 e. The maximum atomic E-state index is 12.4. The minimum absolute atomic E-state index is 0.199. The highest BCUT2D eigenvalue weighted by Crippen LogP contribution is 2.24. The Labute approximate surface area is 136 Å². The number of anilines is 1. The van der Waals surface area contributed by atoms with Crippen LogP contribution in [0, 0.1) is 0 Å². The molecule has 0 aliphatic rings. The summed E-state index contributed by atoms with van der Waals surface area (Å²) in [5, 5.41) is 0.469. The predicted octanol–water partition coefficient (Wildman–Crippen LogP) is 3.71. The molecule has 0 aliphatic heterocycles. The lowest BCUT2D eigenvalue weighted by Crippen LogP contribution is -2.09. The molecule has 2 rings (SSSR count). The Morgan fingerprint density at radius 3 is 2.33 bits per heavy atom. The monoisotopic (exact) mass is 387 g/mol. The molecule has 0 saturated heterocycles. The van der Waals surface area contributed by atoms with Crippen molar-refractivity contribution in [2.45, 2.75) is 0 Å². The lowest BCUT2D eigenvalue weighted by Gasteiger charge is -2.07. The van der Waals surface area contributed by atoms with Crippen LogP contribution in [0.2, 0.25) is 5.02 Å². The molecular formula is C14H11BrClNO3S. The highest BCUT2D eigenvalue weighted by Gasteiger charge is 2.13. The number of carbonyl (C=O) groups excluding carboxylic acids is 1. The molecule has 21 heavy (non-hydrogen) atoms. The number of halogens is 2. The second kappa shape index (κ2) is 6.17. The summed E-state index contributed by atoms with van der Waals surface area (Å²) in [6.07, 6.45) is 1.06. The molecule has 0 bridgehead atoms. The molecule has 2 aromatic carbocycles. The Kier molecular flexibility index (Phi) is 4.70. The zero-order valence-electron chi connectivity index (χ0n) is 10.9. The summed E-state index contributed by atoms with van der Waals surface area (Å²) < 4.78 is 25.2. The number of hydrogen-bond donors (Lipinski definition) is 1. The van der Waals surface area contributed by atoms with E-state index < -0.39 is 10.0 Å². The van der Waals surface area contributed by atoms with Gasteiger partial charge in [-0.15, -0.1) is 0 Å². The van der Waals surface area contributed by atoms with Crippen LogP contribution in [0.3, 0.4) is 0 Å². The number of sulfonamides is 1. The summed E-state index contributed by atoms with van der Waals surface area (Å²) in [7, 11) is -3.33. The third kappa shape index (κ3) is 4.30. The van der Waals surface area contributed by atoms with E-state index in [1.165, 1.54) is 12.1 Å². The van der Waals surface area contributed by atoms with Crippen LogP contribution in [0.1, 0.15) is 15.9 Å². The maximum absolute atomic E-state index is 12.4. The van der Waals surface area contributed by atoms with E-state index in [-0.39, 0.29) is 5.78 Å². The lowest BCUT2D eigenvalue weighted by molar-refractivity contribution is 0.103. The minimum Gasteiger partial charge on any atom is -0.289 e. The number of rotatable bonds is 4. The van der Waals surface area contributed by atoms with Crippen LogP contribution in [0.15, 0.2) is 46.9 Å². The fourth-order valence-corrected chi connectivity index (χ4v) is 2.89. The smallest absolute Gasteiger partial charge is 0.229 e. The van der Waals surface area contributed by atoms with E-state index in [2.05, 4.69) is 20.7 Å². The second-order valence-corrected chi connectivity index (χ2v) is 7.44. The lowest BCUT2D eigenvalue weighted by atomic mass is 10.0. The van der Waals surface area contributed by atoms with Crippen LogP contribution in [-0.4, -0.2) is 20.5 Å². The Morgan fingerprint density at radius 2 is 1.76 bits per heavy atom. The van der Waals surface area contributed by atoms with Crippen LogP contribution in [-0.2, 0) is 10.0 Å². The second-order valence-electron chi connectivity index (χ2n) is 4.40. The van der Waals surface area contributed by atoms with E-state index in [9.17, 15) is 13.2 Å². The molecule has 0 amide bonds. The van der Waals surface area contributed by atoms with Gasteiger partial charge in [-0.2, -0.15) is 0 Å². The molecule has 4 nitrogen and oxygen atoms in total. The Hall–Kier alpha value is -1.37. The molecule has 0 atom stereocenters. The minimum atomic E-state index is -3.33. The highest BCUT2D eigenvalue weighted by molar-refractivity contribution is 9.10. The molecule has 0 aliphatic carbocycles. The maximum Gasteiger partial charge on any atom is 0.229 e. The molecule has 1 N–H and O–H groups in total. The van der Waals surface area contributed by atoms with Crippen molar-refractivity contribution in [1.82, 2.24) is 0 Å². The van der Waals surface area contributed by atoms with Gasteiger partial charge in [0.1, 0.15) is 0 Å². The van der Waals surface area contributed by atoms with E-state index in [1.54, 1.807) is 30.3 Å². The third-order valence-electron chi connectivity index (χ3n) is 2.62. The van der Waals surface area contributed by atoms with E-state index in [4.69, 9.17) is 11.6 Å². The zero-order valence-corrected chi connectivity index (χ0v) is 14.1. The quantitative estimate of drug-likeness (QED) is 0.812. The van der Waals surface area contributed by atoms with Crippen molar-refractivity contribution in [2.24, 2.45) is 0 Å². The van der Waals surface area contributed by atoms with E-state index in [1.807, 2.05) is 0 Å². The number of hydrogen-bond acceptors (Lipinski definition) is 3. The van der Waals surface area contributed by atoms with Crippen LogP contribution in [0.5, 0.6) is 0 Å². The van der Waals surface area contributed by atoms with E-state index >= 15 is 0 Å². The van der Waals surface area contributed by atoms with Gasteiger partial charge in [0.2, 0.25) is 10.0 Å². The summed E-state index contributed by atoms with van der Waals surface area (Å²) in [5.41, 5.74) is 1.29. The summed E-state index contributed by atoms with van der Waals surface area (Å²) >= 11 is 9.21. The third-order valence-corrected chi connectivity index (χ3v) is 4.16. The highest BCUT2D eigenvalue weighted by atomic mass is 79.9. The fraction of sp³-hybridized carbons (Fsp3) is 0.0714. The van der Waals surface area contributed by atoms with Gasteiger partial charge in [0.05, 0.1) is 6.26 Å². The molecule has 2 aromatic rings. The Balaban J connectivity index is 2.30. The van der Waals surface area contributed by atoms with Gasteiger partial charge in [-0.25, -0.2) is 8.42 Å². The van der Waals surface area contributed by atoms with Crippen LogP contribution < -0.4 is 4.72 Å². The van der Waals surface area contributed by atoms with Crippen LogP contribution in [0.4, 0.5) is 5.69 Å². The molecule has 0 spiro atoms. The average Bonchev–Trinajstić information content (AvgIpc) is 2.40. The standard InChI is InChI=1S/C14H11BrClNO3S/c1-21(19,20)17-11-5-2-9(3-6-11)14(18)12-8-10(16)4-7-13(12)15/h2-8,17H,1H3. The van der Waals surface area contributed by atoms with E-state index in [0.717, 1.165) is 6.26 Å². The first-order valence-corrected chi connectivity index (χ1v) is 8.90.